The van der Waals surface area contributed by atoms with Crippen molar-refractivity contribution in [2.45, 2.75) is 71.4 Å². The summed E-state index contributed by atoms with van der Waals surface area (Å²) in [6, 6.07) is -1.13. The van der Waals surface area contributed by atoms with Gasteiger partial charge in [0, 0.05) is 31.4 Å². The van der Waals surface area contributed by atoms with Gasteiger partial charge in [0.25, 0.3) is 0 Å². The van der Waals surface area contributed by atoms with Crippen molar-refractivity contribution in [2.75, 3.05) is 20.7 Å². The molecule has 0 aromatic heterocycles. The van der Waals surface area contributed by atoms with Crippen LogP contribution in [0.15, 0.2) is 11.9 Å². The Hall–Kier alpha value is -2.29. The zero-order valence-electron chi connectivity index (χ0n) is 19.5. The van der Waals surface area contributed by atoms with Crippen LogP contribution in [-0.4, -0.2) is 60.5 Å². The van der Waals surface area contributed by atoms with E-state index in [1.165, 1.54) is 12.1 Å². The summed E-state index contributed by atoms with van der Waals surface area (Å²) in [7, 11) is 2.99. The maximum absolute atomic E-state index is 13.5. The number of ether oxygens (including phenoxy) is 1. The Kier molecular flexibility index (Phi) is 8.34. The van der Waals surface area contributed by atoms with E-state index in [-0.39, 0.29) is 29.6 Å². The molecule has 1 saturated carbocycles. The molecular weight excluding hydrogens is 398 g/mol. The van der Waals surface area contributed by atoms with E-state index in [9.17, 15) is 14.4 Å². The fraction of sp³-hybridized carbons (Fsp3) is 0.773. The van der Waals surface area contributed by atoms with Crippen molar-refractivity contribution in [3.63, 3.8) is 0 Å². The molecule has 2 atom stereocenters. The number of likely N-dealkylation sites (N-methyl/N-ethyl adjacent to an activating group) is 1. The number of carbonyl (C=O) groups is 3. The fourth-order valence-electron chi connectivity index (χ4n) is 4.75. The lowest BCUT2D eigenvalue weighted by atomic mass is 9.80. The number of nitrogens with zero attached hydrogens (tertiary/aromatic N) is 2. The summed E-state index contributed by atoms with van der Waals surface area (Å²) in [5.74, 6) is 5.92. The molecular formula is C22H39N5O4. The van der Waals surface area contributed by atoms with Crippen molar-refractivity contribution in [1.29, 1.82) is 0 Å². The molecule has 1 aliphatic carbocycles. The van der Waals surface area contributed by atoms with Crippen molar-refractivity contribution in [1.82, 2.24) is 15.2 Å². The highest BCUT2D eigenvalue weighted by Crippen LogP contribution is 2.33. The Bertz CT molecular complexity index is 695. The third-order valence-corrected chi connectivity index (χ3v) is 6.47. The van der Waals surface area contributed by atoms with E-state index in [1.54, 1.807) is 18.1 Å². The number of esters is 1. The molecule has 5 N–H and O–H groups in total. The first-order chi connectivity index (χ1) is 14.5. The second-order valence-electron chi connectivity index (χ2n) is 9.72. The molecule has 176 valence electrons. The zero-order valence-corrected chi connectivity index (χ0v) is 19.5. The molecule has 2 aliphatic rings. The molecule has 2 fully saturated rings. The van der Waals surface area contributed by atoms with E-state index >= 15 is 0 Å². The average Bonchev–Trinajstić information content (AvgIpc) is 3.21. The van der Waals surface area contributed by atoms with E-state index in [2.05, 4.69) is 5.32 Å². The van der Waals surface area contributed by atoms with E-state index in [0.29, 0.717) is 18.7 Å². The summed E-state index contributed by atoms with van der Waals surface area (Å²) < 4.78 is 4.84. The van der Waals surface area contributed by atoms with Gasteiger partial charge in [-0.25, -0.2) is 5.84 Å². The lowest BCUT2D eigenvalue weighted by molar-refractivity contribution is -0.146. The summed E-state index contributed by atoms with van der Waals surface area (Å²) in [6.07, 6.45) is 6.08. The number of methoxy groups -OCH3 is 1. The molecule has 0 bridgehead atoms. The highest BCUT2D eigenvalue weighted by Gasteiger charge is 2.43. The van der Waals surface area contributed by atoms with Gasteiger partial charge in [-0.1, -0.05) is 20.8 Å². The van der Waals surface area contributed by atoms with Crippen LogP contribution in [0.3, 0.4) is 0 Å². The van der Waals surface area contributed by atoms with Crippen LogP contribution >= 0.6 is 0 Å². The van der Waals surface area contributed by atoms with Crippen LogP contribution < -0.4 is 16.9 Å². The summed E-state index contributed by atoms with van der Waals surface area (Å²) in [6.45, 7) is 6.39. The molecule has 1 saturated heterocycles. The summed E-state index contributed by atoms with van der Waals surface area (Å²) in [5.41, 5.74) is 6.51. The van der Waals surface area contributed by atoms with Crippen LogP contribution in [0.5, 0.6) is 0 Å². The number of likely N-dealkylation sites (tertiary alicyclic amines) is 1. The van der Waals surface area contributed by atoms with Crippen molar-refractivity contribution in [3.8, 4) is 0 Å². The predicted octanol–water partition coefficient (Wildman–Crippen LogP) is 1.09. The molecule has 0 aromatic rings. The monoisotopic (exact) mass is 437 g/mol. The predicted molar refractivity (Wildman–Crippen MR) is 118 cm³/mol. The highest BCUT2D eigenvalue weighted by atomic mass is 16.5. The standard InChI is InChI=1S/C22H39N5O4/c1-22(2,3)18(20(29)26-12-6-7-17(26)19(28)25-4)27(24)13-16(23)14-8-10-15(11-9-14)21(30)31-5/h13-15,17-18H,6-12,23-24H2,1-5H3,(H,25,28)/b16-13-/t14?,15?,17-,18+/m0/s1. The smallest absolute Gasteiger partial charge is 0.308 e. The number of hydrogen-bond donors (Lipinski definition) is 3. The van der Waals surface area contributed by atoms with Crippen LogP contribution in [0.25, 0.3) is 0 Å². The van der Waals surface area contributed by atoms with Crippen molar-refractivity contribution in [2.24, 2.45) is 28.8 Å². The molecule has 1 heterocycles. The Morgan fingerprint density at radius 1 is 1.13 bits per heavy atom. The van der Waals surface area contributed by atoms with Crippen LogP contribution in [0.2, 0.25) is 0 Å². The molecule has 2 amide bonds. The molecule has 0 unspecified atom stereocenters. The lowest BCUT2D eigenvalue weighted by Gasteiger charge is -2.39. The molecule has 1 aliphatic heterocycles. The third kappa shape index (κ3) is 5.90. The SMILES string of the molecule is CNC(=O)[C@@H]1CCCN1C(=O)[C@@H](N(N)/C=C(\N)C1CCC(C(=O)OC)CC1)C(C)(C)C. The number of nitrogens with one attached hydrogen (secondary N) is 1. The number of nitrogens with two attached hydrogens (primary N) is 2. The van der Waals surface area contributed by atoms with Crippen LogP contribution in [-0.2, 0) is 19.1 Å². The van der Waals surface area contributed by atoms with Gasteiger partial charge in [0.05, 0.1) is 13.0 Å². The first-order valence-corrected chi connectivity index (χ1v) is 11.1. The van der Waals surface area contributed by atoms with Crippen LogP contribution in [0, 0.1) is 17.3 Å². The Morgan fingerprint density at radius 2 is 1.71 bits per heavy atom. The molecule has 9 heteroatoms. The molecule has 0 spiro atoms. The maximum atomic E-state index is 13.5. The highest BCUT2D eigenvalue weighted by molar-refractivity contribution is 5.90. The zero-order chi connectivity index (χ0) is 23.3. The van der Waals surface area contributed by atoms with Gasteiger partial charge in [-0.15, -0.1) is 0 Å². The Balaban J connectivity index is 2.14. The van der Waals surface area contributed by atoms with E-state index in [4.69, 9.17) is 16.3 Å². The fourth-order valence-corrected chi connectivity index (χ4v) is 4.75. The maximum Gasteiger partial charge on any atom is 0.308 e. The summed E-state index contributed by atoms with van der Waals surface area (Å²) in [4.78, 5) is 39.1. The quantitative estimate of drug-likeness (QED) is 0.322. The summed E-state index contributed by atoms with van der Waals surface area (Å²) in [5, 5.41) is 4.05. The second-order valence-corrected chi connectivity index (χ2v) is 9.72. The van der Waals surface area contributed by atoms with Crippen LogP contribution in [0.1, 0.15) is 59.3 Å². The first kappa shape index (κ1) is 25.0. The molecule has 2 rings (SSSR count). The number of hydrogen-bond acceptors (Lipinski definition) is 7. The lowest BCUT2D eigenvalue weighted by Crippen LogP contribution is -2.58. The Morgan fingerprint density at radius 3 is 2.23 bits per heavy atom. The number of amides is 2. The minimum atomic E-state index is -0.664. The molecule has 0 aromatic carbocycles. The normalized spacial score (nSPS) is 25.7. The van der Waals surface area contributed by atoms with Gasteiger partial charge in [0.15, 0.2) is 0 Å². The number of allylic oxidation sites excluding steroid dienone is 1. The topological polar surface area (TPSA) is 131 Å². The van der Waals surface area contributed by atoms with Crippen molar-refractivity contribution < 1.29 is 19.1 Å². The molecule has 31 heavy (non-hydrogen) atoms. The molecule has 0 radical (unpaired) electrons. The van der Waals surface area contributed by atoms with Crippen molar-refractivity contribution in [3.05, 3.63) is 11.9 Å². The van der Waals surface area contributed by atoms with Gasteiger partial charge in [-0.05, 0) is 43.9 Å². The second kappa shape index (κ2) is 10.3. The number of carbonyl (C=O) groups excluding carboxylic acids is 3. The largest absolute Gasteiger partial charge is 0.469 e. The minimum absolute atomic E-state index is 0.0799. The molecule has 9 nitrogen and oxygen atoms in total. The van der Waals surface area contributed by atoms with Gasteiger partial charge in [0.2, 0.25) is 11.8 Å². The third-order valence-electron chi connectivity index (χ3n) is 6.47. The van der Waals surface area contributed by atoms with Gasteiger partial charge in [0.1, 0.15) is 12.1 Å². The van der Waals surface area contributed by atoms with Gasteiger partial charge >= 0.3 is 5.97 Å². The summed E-state index contributed by atoms with van der Waals surface area (Å²) >= 11 is 0. The number of hydrazine groups is 1. The van der Waals surface area contributed by atoms with Gasteiger partial charge in [-0.3, -0.25) is 14.4 Å². The average molecular weight is 438 g/mol. The minimum Gasteiger partial charge on any atom is -0.469 e. The van der Waals surface area contributed by atoms with Gasteiger partial charge < -0.3 is 25.7 Å². The van der Waals surface area contributed by atoms with Crippen molar-refractivity contribution >= 4 is 17.8 Å². The number of rotatable bonds is 6. The van der Waals surface area contributed by atoms with E-state index < -0.39 is 17.5 Å². The van der Waals surface area contributed by atoms with E-state index in [0.717, 1.165) is 32.1 Å². The van der Waals surface area contributed by atoms with Crippen LogP contribution in [0.4, 0.5) is 0 Å². The van der Waals surface area contributed by atoms with E-state index in [1.807, 2.05) is 20.8 Å². The Labute approximate surface area is 185 Å². The van der Waals surface area contributed by atoms with Gasteiger partial charge in [-0.2, -0.15) is 0 Å². The first-order valence-electron chi connectivity index (χ1n) is 11.1.